The predicted octanol–water partition coefficient (Wildman–Crippen LogP) is 2.69. The van der Waals surface area contributed by atoms with Gasteiger partial charge in [0.15, 0.2) is 0 Å². The van der Waals surface area contributed by atoms with Crippen LogP contribution < -0.4 is 5.32 Å². The fraction of sp³-hybridized carbons (Fsp3) is 0.727. The number of rotatable bonds is 4. The van der Waals surface area contributed by atoms with Crippen molar-refractivity contribution in [3.8, 4) is 0 Å². The van der Waals surface area contributed by atoms with Crippen molar-refractivity contribution in [3.63, 3.8) is 0 Å². The zero-order valence-corrected chi connectivity index (χ0v) is 10.8. The van der Waals surface area contributed by atoms with Gasteiger partial charge in [-0.2, -0.15) is 11.8 Å². The van der Waals surface area contributed by atoms with Crippen molar-refractivity contribution in [1.29, 1.82) is 0 Å². The number of nitrogens with zero attached hydrogens (tertiary/aromatic N) is 1. The Bertz CT molecular complexity index is 293. The van der Waals surface area contributed by atoms with Crippen LogP contribution in [-0.4, -0.2) is 22.5 Å². The molecule has 1 saturated heterocycles. The van der Waals surface area contributed by atoms with Crippen molar-refractivity contribution < 1.29 is 0 Å². The second-order valence-electron chi connectivity index (χ2n) is 3.85. The third-order valence-corrected chi connectivity index (χ3v) is 4.79. The second-order valence-corrected chi connectivity index (χ2v) is 6.02. The van der Waals surface area contributed by atoms with Gasteiger partial charge in [0.25, 0.3) is 0 Å². The first-order valence-electron chi connectivity index (χ1n) is 5.63. The van der Waals surface area contributed by atoms with E-state index in [0.29, 0.717) is 0 Å². The Kier molecular flexibility index (Phi) is 4.47. The van der Waals surface area contributed by atoms with Crippen LogP contribution in [0.3, 0.4) is 0 Å². The summed E-state index contributed by atoms with van der Waals surface area (Å²) in [7, 11) is 0. The molecule has 0 spiro atoms. The fourth-order valence-electron chi connectivity index (χ4n) is 1.74. The van der Waals surface area contributed by atoms with Crippen molar-refractivity contribution in [2.24, 2.45) is 0 Å². The lowest BCUT2D eigenvalue weighted by Crippen LogP contribution is -2.32. The van der Waals surface area contributed by atoms with Crippen LogP contribution in [0.15, 0.2) is 5.38 Å². The number of thioether (sulfide) groups is 1. The van der Waals surface area contributed by atoms with E-state index >= 15 is 0 Å². The zero-order valence-electron chi connectivity index (χ0n) is 9.16. The summed E-state index contributed by atoms with van der Waals surface area (Å²) in [6.45, 7) is 3.11. The highest BCUT2D eigenvalue weighted by atomic mass is 32.2. The molecule has 1 aliphatic rings. The molecule has 0 unspecified atom stereocenters. The van der Waals surface area contributed by atoms with Gasteiger partial charge in [-0.15, -0.1) is 11.3 Å². The Labute approximate surface area is 99.9 Å². The Morgan fingerprint density at radius 1 is 1.47 bits per heavy atom. The maximum absolute atomic E-state index is 4.56. The Balaban J connectivity index is 1.76. The molecule has 0 saturated carbocycles. The van der Waals surface area contributed by atoms with Crippen LogP contribution in [0.1, 0.15) is 30.5 Å². The van der Waals surface area contributed by atoms with Crippen LogP contribution in [0.5, 0.6) is 0 Å². The molecule has 1 fully saturated rings. The first kappa shape index (κ1) is 11.4. The van der Waals surface area contributed by atoms with Crippen molar-refractivity contribution >= 4 is 23.1 Å². The molecule has 2 heterocycles. The summed E-state index contributed by atoms with van der Waals surface area (Å²) in [5.74, 6) is 2.63. The Morgan fingerprint density at radius 3 is 2.93 bits per heavy atom. The van der Waals surface area contributed by atoms with E-state index in [9.17, 15) is 0 Å². The largest absolute Gasteiger partial charge is 0.308 e. The molecule has 0 aromatic carbocycles. The van der Waals surface area contributed by atoms with E-state index < -0.39 is 0 Å². The summed E-state index contributed by atoms with van der Waals surface area (Å²) in [5, 5.41) is 7.05. The van der Waals surface area contributed by atoms with Crippen molar-refractivity contribution in [1.82, 2.24) is 10.3 Å². The van der Waals surface area contributed by atoms with Gasteiger partial charge in [0.1, 0.15) is 0 Å². The standard InChI is InChI=1S/C11H18N2S2/c1-2-11-13-10(8-15-11)7-12-9-3-5-14-6-4-9/h8-9,12H,2-7H2,1H3. The van der Waals surface area contributed by atoms with Crippen molar-refractivity contribution in [2.75, 3.05) is 11.5 Å². The van der Waals surface area contributed by atoms with Crippen LogP contribution in [0.4, 0.5) is 0 Å². The topological polar surface area (TPSA) is 24.9 Å². The highest BCUT2D eigenvalue weighted by Crippen LogP contribution is 2.17. The lowest BCUT2D eigenvalue weighted by atomic mass is 10.1. The van der Waals surface area contributed by atoms with Gasteiger partial charge >= 0.3 is 0 Å². The molecule has 1 aromatic heterocycles. The molecule has 0 amide bonds. The first-order chi connectivity index (χ1) is 7.38. The molecule has 1 aliphatic heterocycles. The molecule has 2 nitrogen and oxygen atoms in total. The SMILES string of the molecule is CCc1nc(CNC2CCSCC2)cs1. The zero-order chi connectivity index (χ0) is 10.5. The van der Waals surface area contributed by atoms with E-state index in [0.717, 1.165) is 19.0 Å². The normalized spacial score (nSPS) is 18.2. The molecule has 0 radical (unpaired) electrons. The van der Waals surface area contributed by atoms with Gasteiger partial charge in [-0.3, -0.25) is 0 Å². The van der Waals surface area contributed by atoms with E-state index in [2.05, 4.69) is 34.4 Å². The van der Waals surface area contributed by atoms with Gasteiger partial charge in [0.05, 0.1) is 10.7 Å². The molecule has 0 atom stereocenters. The number of hydrogen-bond donors (Lipinski definition) is 1. The number of nitrogens with one attached hydrogen (secondary N) is 1. The molecule has 1 aromatic rings. The molecular weight excluding hydrogens is 224 g/mol. The highest BCUT2D eigenvalue weighted by Gasteiger charge is 2.13. The van der Waals surface area contributed by atoms with Gasteiger partial charge < -0.3 is 5.32 Å². The van der Waals surface area contributed by atoms with E-state index in [1.807, 2.05) is 0 Å². The molecule has 0 bridgehead atoms. The quantitative estimate of drug-likeness (QED) is 0.879. The lowest BCUT2D eigenvalue weighted by molar-refractivity contribution is 0.479. The number of thiazole rings is 1. The van der Waals surface area contributed by atoms with Crippen molar-refractivity contribution in [2.45, 2.75) is 38.8 Å². The average Bonchev–Trinajstić information content (AvgIpc) is 2.76. The minimum absolute atomic E-state index is 0.720. The van der Waals surface area contributed by atoms with Crippen molar-refractivity contribution in [3.05, 3.63) is 16.1 Å². The third-order valence-electron chi connectivity index (χ3n) is 2.69. The minimum atomic E-state index is 0.720. The summed E-state index contributed by atoms with van der Waals surface area (Å²) in [6.07, 6.45) is 3.69. The number of aryl methyl sites for hydroxylation is 1. The van der Waals surface area contributed by atoms with E-state index in [4.69, 9.17) is 0 Å². The summed E-state index contributed by atoms with van der Waals surface area (Å²) in [6, 6.07) is 0.720. The smallest absolute Gasteiger partial charge is 0.0926 e. The number of aromatic nitrogens is 1. The Morgan fingerprint density at radius 2 is 2.27 bits per heavy atom. The minimum Gasteiger partial charge on any atom is -0.308 e. The monoisotopic (exact) mass is 242 g/mol. The third kappa shape index (κ3) is 3.47. The molecule has 4 heteroatoms. The molecule has 84 valence electrons. The second kappa shape index (κ2) is 5.87. The molecule has 15 heavy (non-hydrogen) atoms. The van der Waals surface area contributed by atoms with Gasteiger partial charge in [-0.25, -0.2) is 4.98 Å². The maximum Gasteiger partial charge on any atom is 0.0926 e. The maximum atomic E-state index is 4.56. The summed E-state index contributed by atoms with van der Waals surface area (Å²) in [4.78, 5) is 4.56. The lowest BCUT2D eigenvalue weighted by Gasteiger charge is -2.22. The van der Waals surface area contributed by atoms with E-state index in [-0.39, 0.29) is 0 Å². The van der Waals surface area contributed by atoms with E-state index in [1.54, 1.807) is 11.3 Å². The molecular formula is C11H18N2S2. The fourth-order valence-corrected chi connectivity index (χ4v) is 3.59. The van der Waals surface area contributed by atoms with Gasteiger partial charge in [0, 0.05) is 18.0 Å². The summed E-state index contributed by atoms with van der Waals surface area (Å²) < 4.78 is 0. The molecule has 0 aliphatic carbocycles. The van der Waals surface area contributed by atoms with Gasteiger partial charge in [-0.05, 0) is 30.8 Å². The average molecular weight is 242 g/mol. The van der Waals surface area contributed by atoms with Crippen LogP contribution in [0, 0.1) is 0 Å². The van der Waals surface area contributed by atoms with Gasteiger partial charge in [-0.1, -0.05) is 6.92 Å². The molecule has 2 rings (SSSR count). The van der Waals surface area contributed by atoms with Crippen LogP contribution in [0.25, 0.3) is 0 Å². The number of hydrogen-bond acceptors (Lipinski definition) is 4. The Hall–Kier alpha value is -0.0600. The van der Waals surface area contributed by atoms with E-state index in [1.165, 1.54) is 35.0 Å². The highest BCUT2D eigenvalue weighted by molar-refractivity contribution is 7.99. The van der Waals surface area contributed by atoms with Crippen LogP contribution in [0.2, 0.25) is 0 Å². The van der Waals surface area contributed by atoms with Crippen LogP contribution >= 0.6 is 23.1 Å². The van der Waals surface area contributed by atoms with Crippen LogP contribution in [-0.2, 0) is 13.0 Å². The van der Waals surface area contributed by atoms with Gasteiger partial charge in [0.2, 0.25) is 0 Å². The summed E-state index contributed by atoms with van der Waals surface area (Å²) >= 11 is 3.86. The first-order valence-corrected chi connectivity index (χ1v) is 7.66. The molecule has 1 N–H and O–H groups in total. The predicted molar refractivity (Wildman–Crippen MR) is 68.7 cm³/mol. The summed E-state index contributed by atoms with van der Waals surface area (Å²) in [5.41, 5.74) is 1.22.